The van der Waals surface area contributed by atoms with Crippen LogP contribution < -0.4 is 0 Å². The molecule has 3 nitrogen and oxygen atoms in total. The Labute approximate surface area is 183 Å². The van der Waals surface area contributed by atoms with E-state index >= 15 is 0 Å². The van der Waals surface area contributed by atoms with Crippen molar-refractivity contribution < 1.29 is 9.90 Å². The van der Waals surface area contributed by atoms with Gasteiger partial charge in [0.1, 0.15) is 0 Å². The molecular formula is C26H53NO2. The molecule has 0 atom stereocenters. The Bertz CT molecular complexity index is 333. The first kappa shape index (κ1) is 28.4. The molecule has 0 aromatic rings. The van der Waals surface area contributed by atoms with E-state index in [-0.39, 0.29) is 12.5 Å². The lowest BCUT2D eigenvalue weighted by Gasteiger charge is -2.22. The van der Waals surface area contributed by atoms with Gasteiger partial charge in [-0.15, -0.1) is 0 Å². The van der Waals surface area contributed by atoms with Crippen molar-refractivity contribution in [2.45, 2.75) is 142 Å². The van der Waals surface area contributed by atoms with Crippen LogP contribution in [0.4, 0.5) is 0 Å². The Morgan fingerprint density at radius 2 is 0.931 bits per heavy atom. The van der Waals surface area contributed by atoms with Gasteiger partial charge in [-0.05, 0) is 12.8 Å². The molecule has 0 heterocycles. The number of aliphatic hydroxyl groups excluding tert-OH is 1. The third-order valence-corrected chi connectivity index (χ3v) is 6.00. The summed E-state index contributed by atoms with van der Waals surface area (Å²) in [6.07, 6.45) is 25.3. The average Bonchev–Trinajstić information content (AvgIpc) is 2.73. The van der Waals surface area contributed by atoms with Gasteiger partial charge in [-0.3, -0.25) is 4.79 Å². The van der Waals surface area contributed by atoms with E-state index in [0.717, 1.165) is 19.4 Å². The maximum atomic E-state index is 12.4. The Kier molecular flexibility index (Phi) is 23.2. The van der Waals surface area contributed by atoms with E-state index in [1.54, 1.807) is 0 Å². The van der Waals surface area contributed by atoms with Crippen LogP contribution in [0.3, 0.4) is 0 Å². The van der Waals surface area contributed by atoms with Crippen LogP contribution in [0, 0.1) is 0 Å². The first-order chi connectivity index (χ1) is 14.3. The van der Waals surface area contributed by atoms with Gasteiger partial charge < -0.3 is 10.0 Å². The molecule has 0 saturated carbocycles. The maximum absolute atomic E-state index is 12.4. The van der Waals surface area contributed by atoms with Gasteiger partial charge in [-0.25, -0.2) is 0 Å². The average molecular weight is 412 g/mol. The molecule has 0 aromatic carbocycles. The van der Waals surface area contributed by atoms with Crippen LogP contribution in [0.15, 0.2) is 0 Å². The van der Waals surface area contributed by atoms with Crippen LogP contribution in [-0.4, -0.2) is 35.6 Å². The van der Waals surface area contributed by atoms with E-state index in [2.05, 4.69) is 13.8 Å². The molecule has 0 bridgehead atoms. The number of amides is 1. The van der Waals surface area contributed by atoms with E-state index < -0.39 is 0 Å². The number of nitrogens with zero attached hydrogens (tertiary/aromatic N) is 1. The molecule has 0 fully saturated rings. The van der Waals surface area contributed by atoms with Crippen molar-refractivity contribution in [3.63, 3.8) is 0 Å². The third kappa shape index (κ3) is 20.5. The fraction of sp³-hybridized carbons (Fsp3) is 0.962. The highest BCUT2D eigenvalue weighted by Gasteiger charge is 2.12. The molecule has 174 valence electrons. The van der Waals surface area contributed by atoms with Gasteiger partial charge in [0.25, 0.3) is 0 Å². The lowest BCUT2D eigenvalue weighted by atomic mass is 10.1. The molecule has 29 heavy (non-hydrogen) atoms. The second-order valence-electron chi connectivity index (χ2n) is 8.86. The minimum absolute atomic E-state index is 0.0846. The first-order valence-electron chi connectivity index (χ1n) is 13.1. The Hall–Kier alpha value is -0.570. The molecule has 1 amide bonds. The first-order valence-corrected chi connectivity index (χ1v) is 13.1. The Morgan fingerprint density at radius 3 is 1.34 bits per heavy atom. The molecule has 0 radical (unpaired) electrons. The van der Waals surface area contributed by atoms with Gasteiger partial charge in [0.05, 0.1) is 6.61 Å². The van der Waals surface area contributed by atoms with E-state index in [1.807, 2.05) is 4.90 Å². The van der Waals surface area contributed by atoms with Gasteiger partial charge >= 0.3 is 0 Å². The zero-order valence-electron chi connectivity index (χ0n) is 20.1. The van der Waals surface area contributed by atoms with Crippen LogP contribution >= 0.6 is 0 Å². The van der Waals surface area contributed by atoms with Crippen molar-refractivity contribution in [3.05, 3.63) is 0 Å². The van der Waals surface area contributed by atoms with Gasteiger partial charge in [0.15, 0.2) is 0 Å². The minimum Gasteiger partial charge on any atom is -0.395 e. The van der Waals surface area contributed by atoms with Crippen molar-refractivity contribution in [2.24, 2.45) is 0 Å². The number of carbonyl (C=O) groups excluding carboxylic acids is 1. The highest BCUT2D eigenvalue weighted by atomic mass is 16.3. The van der Waals surface area contributed by atoms with E-state index in [0.29, 0.717) is 13.0 Å². The number of carbonyl (C=O) groups is 1. The molecule has 0 saturated heterocycles. The predicted molar refractivity (Wildman–Crippen MR) is 127 cm³/mol. The van der Waals surface area contributed by atoms with Crippen molar-refractivity contribution in [1.82, 2.24) is 4.90 Å². The lowest BCUT2D eigenvalue weighted by Crippen LogP contribution is -2.34. The quantitative estimate of drug-likeness (QED) is 0.175. The van der Waals surface area contributed by atoms with Crippen LogP contribution in [0.25, 0.3) is 0 Å². The second-order valence-corrected chi connectivity index (χ2v) is 8.86. The summed E-state index contributed by atoms with van der Waals surface area (Å²) in [6, 6.07) is 0. The molecule has 0 aliphatic rings. The monoisotopic (exact) mass is 411 g/mol. The number of hydrogen-bond donors (Lipinski definition) is 1. The summed E-state index contributed by atoms with van der Waals surface area (Å²) in [4.78, 5) is 14.3. The molecule has 1 N–H and O–H groups in total. The van der Waals surface area contributed by atoms with Crippen molar-refractivity contribution >= 4 is 5.91 Å². The summed E-state index contributed by atoms with van der Waals surface area (Å²) < 4.78 is 0. The van der Waals surface area contributed by atoms with Crippen molar-refractivity contribution in [3.8, 4) is 0 Å². The van der Waals surface area contributed by atoms with Gasteiger partial charge in [0, 0.05) is 19.5 Å². The summed E-state index contributed by atoms with van der Waals surface area (Å²) >= 11 is 0. The van der Waals surface area contributed by atoms with E-state index in [9.17, 15) is 9.90 Å². The molecule has 0 aromatic heterocycles. The maximum Gasteiger partial charge on any atom is 0.222 e. The summed E-state index contributed by atoms with van der Waals surface area (Å²) in [6.45, 7) is 5.94. The topological polar surface area (TPSA) is 40.5 Å². The number of unbranched alkanes of at least 4 members (excludes halogenated alkanes) is 17. The smallest absolute Gasteiger partial charge is 0.222 e. The normalized spacial score (nSPS) is 11.1. The van der Waals surface area contributed by atoms with Gasteiger partial charge in [-0.1, -0.05) is 123 Å². The highest BCUT2D eigenvalue weighted by Crippen LogP contribution is 2.13. The lowest BCUT2D eigenvalue weighted by molar-refractivity contribution is -0.131. The summed E-state index contributed by atoms with van der Waals surface area (Å²) in [5.41, 5.74) is 0. The molecule has 0 unspecified atom stereocenters. The van der Waals surface area contributed by atoms with E-state index in [1.165, 1.54) is 109 Å². The highest BCUT2D eigenvalue weighted by molar-refractivity contribution is 5.76. The van der Waals surface area contributed by atoms with Gasteiger partial charge in [-0.2, -0.15) is 0 Å². The molecule has 0 aliphatic carbocycles. The van der Waals surface area contributed by atoms with Gasteiger partial charge in [0.2, 0.25) is 5.91 Å². The van der Waals surface area contributed by atoms with Crippen molar-refractivity contribution in [2.75, 3.05) is 19.7 Å². The molecular weight excluding hydrogens is 358 g/mol. The number of aliphatic hydroxyl groups is 1. The summed E-state index contributed by atoms with van der Waals surface area (Å²) in [7, 11) is 0. The van der Waals surface area contributed by atoms with Crippen molar-refractivity contribution in [1.29, 1.82) is 0 Å². The van der Waals surface area contributed by atoms with E-state index in [4.69, 9.17) is 0 Å². The minimum atomic E-state index is 0.0846. The van der Waals surface area contributed by atoms with Crippen LogP contribution in [-0.2, 0) is 4.79 Å². The predicted octanol–water partition coefficient (Wildman–Crippen LogP) is 7.65. The Morgan fingerprint density at radius 1 is 0.552 bits per heavy atom. The zero-order chi connectivity index (χ0) is 21.4. The van der Waals surface area contributed by atoms with Crippen LogP contribution in [0.1, 0.15) is 142 Å². The largest absolute Gasteiger partial charge is 0.395 e. The summed E-state index contributed by atoms with van der Waals surface area (Å²) in [5.74, 6) is 0.248. The summed E-state index contributed by atoms with van der Waals surface area (Å²) in [5, 5.41) is 9.28. The SMILES string of the molecule is CCCCCCCCCCCCN(CCO)C(=O)CCCCCCCCCCC. The third-order valence-electron chi connectivity index (χ3n) is 6.00. The fourth-order valence-corrected chi connectivity index (χ4v) is 4.02. The van der Waals surface area contributed by atoms with Crippen LogP contribution in [0.5, 0.6) is 0 Å². The molecule has 3 heteroatoms. The second kappa shape index (κ2) is 23.7. The molecule has 0 spiro atoms. The zero-order valence-corrected chi connectivity index (χ0v) is 20.1. The molecule has 0 aliphatic heterocycles. The standard InChI is InChI=1S/C26H53NO2/c1-3-5-7-9-11-13-15-17-19-21-23-27(24-25-28)26(29)22-20-18-16-14-12-10-8-6-4-2/h28H,3-25H2,1-2H3. The van der Waals surface area contributed by atoms with Crippen LogP contribution in [0.2, 0.25) is 0 Å². The molecule has 0 rings (SSSR count). The number of hydrogen-bond acceptors (Lipinski definition) is 2. The Balaban J connectivity index is 3.61. The fourth-order valence-electron chi connectivity index (χ4n) is 4.02. The number of rotatable bonds is 23.